The van der Waals surface area contributed by atoms with Crippen LogP contribution < -0.4 is 20.1 Å². The number of benzene rings is 2. The molecule has 1 fully saturated rings. The molecule has 1 aliphatic heterocycles. The molecule has 5 nitrogen and oxygen atoms in total. The lowest BCUT2D eigenvalue weighted by Gasteiger charge is -2.36. The van der Waals surface area contributed by atoms with Gasteiger partial charge in [0.25, 0.3) is 0 Å². The Balaban J connectivity index is 1.32. The zero-order valence-corrected chi connectivity index (χ0v) is 17.7. The van der Waals surface area contributed by atoms with Crippen molar-refractivity contribution in [2.45, 2.75) is 50.6 Å². The Bertz CT molecular complexity index is 850. The van der Waals surface area contributed by atoms with Crippen molar-refractivity contribution in [3.8, 4) is 11.5 Å². The van der Waals surface area contributed by atoms with Gasteiger partial charge >= 0.3 is 0 Å². The number of aryl methyl sites for hydroxylation is 1. The molecule has 0 spiro atoms. The van der Waals surface area contributed by atoms with Crippen LogP contribution in [0.25, 0.3) is 0 Å². The molecule has 0 aromatic heterocycles. The molecule has 2 aromatic carbocycles. The SMILES string of the molecule is COc1ccccc1OCCCNC(C(=O)C1CCC1)C1CCc2ccccc2N1. The van der Waals surface area contributed by atoms with E-state index in [-0.39, 0.29) is 18.0 Å². The largest absolute Gasteiger partial charge is 0.493 e. The highest BCUT2D eigenvalue weighted by atomic mass is 16.5. The fourth-order valence-corrected chi connectivity index (χ4v) is 4.35. The number of hydrogen-bond donors (Lipinski definition) is 2. The molecule has 2 aromatic rings. The van der Waals surface area contributed by atoms with Gasteiger partial charge in [-0.3, -0.25) is 4.79 Å². The minimum atomic E-state index is -0.144. The highest BCUT2D eigenvalue weighted by Gasteiger charge is 2.36. The van der Waals surface area contributed by atoms with Crippen LogP contribution in [0.15, 0.2) is 48.5 Å². The molecule has 2 unspecified atom stereocenters. The highest BCUT2D eigenvalue weighted by molar-refractivity contribution is 5.88. The first-order valence-electron chi connectivity index (χ1n) is 11.1. The number of rotatable bonds is 10. The van der Waals surface area contributed by atoms with E-state index in [2.05, 4.69) is 34.9 Å². The van der Waals surface area contributed by atoms with Crippen molar-refractivity contribution >= 4 is 11.5 Å². The van der Waals surface area contributed by atoms with Gasteiger partial charge in [-0.15, -0.1) is 0 Å². The first-order chi connectivity index (χ1) is 14.8. The van der Waals surface area contributed by atoms with Gasteiger partial charge in [-0.2, -0.15) is 0 Å². The topological polar surface area (TPSA) is 59.6 Å². The van der Waals surface area contributed by atoms with Crippen LogP contribution in [-0.2, 0) is 11.2 Å². The first-order valence-corrected chi connectivity index (χ1v) is 11.1. The van der Waals surface area contributed by atoms with Crippen molar-refractivity contribution in [1.82, 2.24) is 5.32 Å². The second-order valence-corrected chi connectivity index (χ2v) is 8.26. The van der Waals surface area contributed by atoms with E-state index in [1.54, 1.807) is 7.11 Å². The van der Waals surface area contributed by atoms with Crippen LogP contribution in [0.5, 0.6) is 11.5 Å². The summed E-state index contributed by atoms with van der Waals surface area (Å²) in [6.45, 7) is 1.33. The predicted octanol–water partition coefficient (Wildman–Crippen LogP) is 4.22. The summed E-state index contributed by atoms with van der Waals surface area (Å²) in [5.74, 6) is 2.11. The van der Waals surface area contributed by atoms with Crippen LogP contribution in [0.2, 0.25) is 0 Å². The Morgan fingerprint density at radius 1 is 1.10 bits per heavy atom. The quantitative estimate of drug-likeness (QED) is 0.577. The van der Waals surface area contributed by atoms with Gasteiger partial charge in [0.05, 0.1) is 19.8 Å². The van der Waals surface area contributed by atoms with Crippen LogP contribution in [0.4, 0.5) is 5.69 Å². The maximum absolute atomic E-state index is 13.2. The highest BCUT2D eigenvalue weighted by Crippen LogP contribution is 2.32. The number of nitrogens with one attached hydrogen (secondary N) is 2. The van der Waals surface area contributed by atoms with E-state index < -0.39 is 0 Å². The van der Waals surface area contributed by atoms with Crippen molar-refractivity contribution in [3.63, 3.8) is 0 Å². The third-order valence-electron chi connectivity index (χ3n) is 6.31. The summed E-state index contributed by atoms with van der Waals surface area (Å²) in [6, 6.07) is 16.1. The number of ether oxygens (including phenoxy) is 2. The van der Waals surface area contributed by atoms with Gasteiger partial charge in [-0.25, -0.2) is 0 Å². The van der Waals surface area contributed by atoms with Gasteiger partial charge in [-0.1, -0.05) is 36.8 Å². The lowest BCUT2D eigenvalue weighted by molar-refractivity contribution is -0.127. The Morgan fingerprint density at radius 3 is 2.63 bits per heavy atom. The van der Waals surface area contributed by atoms with E-state index >= 15 is 0 Å². The van der Waals surface area contributed by atoms with E-state index in [0.717, 1.165) is 50.1 Å². The molecule has 0 bridgehead atoms. The van der Waals surface area contributed by atoms with Crippen molar-refractivity contribution in [3.05, 3.63) is 54.1 Å². The summed E-state index contributed by atoms with van der Waals surface area (Å²) in [5.41, 5.74) is 2.51. The molecule has 30 heavy (non-hydrogen) atoms. The van der Waals surface area contributed by atoms with Crippen LogP contribution >= 0.6 is 0 Å². The average Bonchev–Trinajstić information content (AvgIpc) is 2.75. The molecule has 1 heterocycles. The number of methoxy groups -OCH3 is 1. The average molecular weight is 409 g/mol. The fraction of sp³-hybridized carbons (Fsp3) is 0.480. The van der Waals surface area contributed by atoms with Crippen LogP contribution in [-0.4, -0.2) is 38.1 Å². The molecule has 2 aliphatic rings. The molecule has 2 atom stereocenters. The molecular weight excluding hydrogens is 376 g/mol. The van der Waals surface area contributed by atoms with Gasteiger partial charge in [0.2, 0.25) is 0 Å². The normalized spacial score (nSPS) is 19.2. The molecule has 0 radical (unpaired) electrons. The van der Waals surface area contributed by atoms with Crippen LogP contribution in [0.3, 0.4) is 0 Å². The lowest BCUT2D eigenvalue weighted by atomic mass is 9.77. The standard InChI is InChI=1S/C25H32N2O3/c1-29-22-12-4-5-13-23(22)30-17-7-16-26-24(25(28)19-9-6-10-19)21-15-14-18-8-2-3-11-20(18)27-21/h2-5,8,11-13,19,21,24,26-27H,6-7,9-10,14-17H2,1H3. The second kappa shape index (κ2) is 9.98. The molecule has 5 heteroatoms. The van der Waals surface area contributed by atoms with Crippen LogP contribution in [0.1, 0.15) is 37.7 Å². The molecule has 2 N–H and O–H groups in total. The predicted molar refractivity (Wildman–Crippen MR) is 119 cm³/mol. The maximum atomic E-state index is 13.2. The van der Waals surface area contributed by atoms with E-state index in [4.69, 9.17) is 9.47 Å². The van der Waals surface area contributed by atoms with E-state index in [0.29, 0.717) is 12.4 Å². The van der Waals surface area contributed by atoms with Crippen molar-refractivity contribution in [1.29, 1.82) is 0 Å². The van der Waals surface area contributed by atoms with E-state index in [9.17, 15) is 4.79 Å². The number of carbonyl (C=O) groups is 1. The molecule has 0 amide bonds. The number of carbonyl (C=O) groups excluding carboxylic acids is 1. The summed E-state index contributed by atoms with van der Waals surface area (Å²) in [5, 5.41) is 7.19. The minimum Gasteiger partial charge on any atom is -0.493 e. The third kappa shape index (κ3) is 4.78. The van der Waals surface area contributed by atoms with Crippen molar-refractivity contribution in [2.75, 3.05) is 25.6 Å². The zero-order chi connectivity index (χ0) is 20.8. The molecule has 0 saturated heterocycles. The maximum Gasteiger partial charge on any atom is 0.161 e. The smallest absolute Gasteiger partial charge is 0.161 e. The fourth-order valence-electron chi connectivity index (χ4n) is 4.35. The number of Topliss-reactive ketones (excluding diaryl/α,β-unsaturated/α-hetero) is 1. The van der Waals surface area contributed by atoms with Crippen LogP contribution in [0, 0.1) is 5.92 Å². The number of hydrogen-bond acceptors (Lipinski definition) is 5. The molecule has 1 saturated carbocycles. The van der Waals surface area contributed by atoms with Crippen molar-refractivity contribution < 1.29 is 14.3 Å². The molecule has 4 rings (SSSR count). The molecule has 160 valence electrons. The summed E-state index contributed by atoms with van der Waals surface area (Å²) in [4.78, 5) is 13.2. The number of anilines is 1. The zero-order valence-electron chi connectivity index (χ0n) is 17.7. The summed E-state index contributed by atoms with van der Waals surface area (Å²) < 4.78 is 11.2. The number of para-hydroxylation sites is 3. The Kier molecular flexibility index (Phi) is 6.90. The van der Waals surface area contributed by atoms with Gasteiger partial charge in [-0.05, 0) is 62.4 Å². The van der Waals surface area contributed by atoms with Gasteiger partial charge in [0.1, 0.15) is 0 Å². The minimum absolute atomic E-state index is 0.142. The number of fused-ring (bicyclic) bond motifs is 1. The van der Waals surface area contributed by atoms with E-state index in [1.165, 1.54) is 17.7 Å². The van der Waals surface area contributed by atoms with E-state index in [1.807, 2.05) is 24.3 Å². The first kappa shape index (κ1) is 20.7. The van der Waals surface area contributed by atoms with Gasteiger partial charge in [0, 0.05) is 17.6 Å². The Morgan fingerprint density at radius 2 is 1.87 bits per heavy atom. The summed E-state index contributed by atoms with van der Waals surface area (Å²) in [7, 11) is 1.65. The monoisotopic (exact) mass is 408 g/mol. The summed E-state index contributed by atoms with van der Waals surface area (Å²) >= 11 is 0. The van der Waals surface area contributed by atoms with Crippen molar-refractivity contribution in [2.24, 2.45) is 5.92 Å². The summed E-state index contributed by atoms with van der Waals surface area (Å²) in [6.07, 6.45) is 6.08. The third-order valence-corrected chi connectivity index (χ3v) is 6.31. The lowest BCUT2D eigenvalue weighted by Crippen LogP contribution is -2.53. The Hall–Kier alpha value is -2.53. The second-order valence-electron chi connectivity index (χ2n) is 8.26. The Labute approximate surface area is 179 Å². The molecule has 1 aliphatic carbocycles. The van der Waals surface area contributed by atoms with Gasteiger partial charge < -0.3 is 20.1 Å². The van der Waals surface area contributed by atoms with Gasteiger partial charge in [0.15, 0.2) is 17.3 Å². The molecular formula is C25H32N2O3. The number of ketones is 1.